The maximum atomic E-state index is 12.7. The molecule has 5 nitrogen and oxygen atoms in total. The molecular formula is C18H28ClN3O2. The normalized spacial score (nSPS) is 17.5. The van der Waals surface area contributed by atoms with E-state index in [0.29, 0.717) is 12.5 Å². The molecule has 6 heteroatoms. The molecule has 1 aromatic rings. The third-order valence-electron chi connectivity index (χ3n) is 4.68. The van der Waals surface area contributed by atoms with Crippen LogP contribution >= 0.6 is 12.4 Å². The number of rotatable bonds is 5. The number of benzene rings is 1. The number of piperidine rings is 1. The molecule has 0 spiro atoms. The number of hydrogen-bond donors (Lipinski definition) is 2. The predicted octanol–water partition coefficient (Wildman–Crippen LogP) is 2.12. The summed E-state index contributed by atoms with van der Waals surface area (Å²) in [6.07, 6.45) is 1.86. The van der Waals surface area contributed by atoms with Crippen LogP contribution in [-0.2, 0) is 9.59 Å². The van der Waals surface area contributed by atoms with Gasteiger partial charge in [0.05, 0.1) is 5.92 Å². The van der Waals surface area contributed by atoms with Gasteiger partial charge in [-0.2, -0.15) is 0 Å². The monoisotopic (exact) mass is 353 g/mol. The minimum atomic E-state index is -0.277. The summed E-state index contributed by atoms with van der Waals surface area (Å²) < 4.78 is 0. The average molecular weight is 354 g/mol. The average Bonchev–Trinajstić information content (AvgIpc) is 2.59. The highest BCUT2D eigenvalue weighted by atomic mass is 35.5. The van der Waals surface area contributed by atoms with Crippen LogP contribution < -0.4 is 11.1 Å². The summed E-state index contributed by atoms with van der Waals surface area (Å²) in [5.41, 5.74) is 7.25. The Morgan fingerprint density at radius 3 is 2.38 bits per heavy atom. The van der Waals surface area contributed by atoms with Crippen molar-refractivity contribution in [1.29, 1.82) is 0 Å². The molecular weight excluding hydrogens is 326 g/mol. The van der Waals surface area contributed by atoms with Gasteiger partial charge in [-0.05, 0) is 24.3 Å². The summed E-state index contributed by atoms with van der Waals surface area (Å²) in [6.45, 7) is 5.63. The van der Waals surface area contributed by atoms with Crippen molar-refractivity contribution in [2.24, 2.45) is 17.6 Å². The molecule has 1 saturated heterocycles. The van der Waals surface area contributed by atoms with Crippen molar-refractivity contribution in [1.82, 2.24) is 10.2 Å². The first-order chi connectivity index (χ1) is 11.0. The molecule has 1 heterocycles. The van der Waals surface area contributed by atoms with E-state index in [-0.39, 0.29) is 36.2 Å². The fourth-order valence-electron chi connectivity index (χ4n) is 3.05. The summed E-state index contributed by atoms with van der Waals surface area (Å²) in [5.74, 6) is 0.357. The van der Waals surface area contributed by atoms with Crippen molar-refractivity contribution in [3.8, 4) is 0 Å². The Hall–Kier alpha value is -1.59. The molecule has 2 atom stereocenters. The second kappa shape index (κ2) is 9.64. The molecule has 2 unspecified atom stereocenters. The Bertz CT molecular complexity index is 530. The summed E-state index contributed by atoms with van der Waals surface area (Å²) in [6, 6.07) is 9.49. The molecule has 0 bridgehead atoms. The van der Waals surface area contributed by atoms with E-state index in [1.54, 1.807) is 0 Å². The Labute approximate surface area is 150 Å². The lowest BCUT2D eigenvalue weighted by atomic mass is 9.91. The van der Waals surface area contributed by atoms with Crippen LogP contribution in [0.3, 0.4) is 0 Å². The van der Waals surface area contributed by atoms with Crippen molar-refractivity contribution in [2.75, 3.05) is 19.6 Å². The van der Waals surface area contributed by atoms with Crippen LogP contribution in [0.15, 0.2) is 30.3 Å². The lowest BCUT2D eigenvalue weighted by Crippen LogP contribution is -2.45. The molecule has 24 heavy (non-hydrogen) atoms. The molecule has 0 aliphatic carbocycles. The number of nitrogens with one attached hydrogen (secondary N) is 1. The van der Waals surface area contributed by atoms with Gasteiger partial charge in [0.15, 0.2) is 0 Å². The van der Waals surface area contributed by atoms with E-state index in [9.17, 15) is 9.59 Å². The third-order valence-corrected chi connectivity index (χ3v) is 4.68. The standard InChI is InChI=1S/C18H27N3O2.ClH/c1-13(17(19)16-6-4-3-5-7-16)18(23)21-10-8-15(9-11-21)12-20-14(2)22;/h3-7,13,15,17H,8-12,19H2,1-2H3,(H,20,22);1H. The number of hydrogen-bond acceptors (Lipinski definition) is 3. The number of likely N-dealkylation sites (tertiary alicyclic amines) is 1. The first-order valence-electron chi connectivity index (χ1n) is 8.32. The molecule has 0 aromatic heterocycles. The maximum absolute atomic E-state index is 12.7. The summed E-state index contributed by atoms with van der Waals surface area (Å²) in [7, 11) is 0. The SMILES string of the molecule is CC(=O)NCC1CCN(C(=O)C(C)C(N)c2ccccc2)CC1.Cl. The van der Waals surface area contributed by atoms with E-state index in [0.717, 1.165) is 31.5 Å². The first-order valence-corrected chi connectivity index (χ1v) is 8.32. The van der Waals surface area contributed by atoms with Crippen LogP contribution in [0.1, 0.15) is 38.3 Å². The molecule has 2 amide bonds. The molecule has 1 fully saturated rings. The minimum absolute atomic E-state index is 0. The highest BCUT2D eigenvalue weighted by Gasteiger charge is 2.29. The lowest BCUT2D eigenvalue weighted by Gasteiger charge is -2.34. The highest BCUT2D eigenvalue weighted by molar-refractivity contribution is 5.85. The summed E-state index contributed by atoms with van der Waals surface area (Å²) >= 11 is 0. The van der Waals surface area contributed by atoms with E-state index in [2.05, 4.69) is 5.32 Å². The number of halogens is 1. The predicted molar refractivity (Wildman–Crippen MR) is 97.8 cm³/mol. The zero-order valence-electron chi connectivity index (χ0n) is 14.4. The van der Waals surface area contributed by atoms with E-state index in [1.807, 2.05) is 42.2 Å². The summed E-state index contributed by atoms with van der Waals surface area (Å²) in [4.78, 5) is 25.5. The van der Waals surface area contributed by atoms with Gasteiger partial charge >= 0.3 is 0 Å². The summed E-state index contributed by atoms with van der Waals surface area (Å²) in [5, 5.41) is 2.86. The molecule has 1 aliphatic heterocycles. The van der Waals surface area contributed by atoms with Crippen molar-refractivity contribution in [2.45, 2.75) is 32.7 Å². The fraction of sp³-hybridized carbons (Fsp3) is 0.556. The largest absolute Gasteiger partial charge is 0.356 e. The topological polar surface area (TPSA) is 75.4 Å². The Morgan fingerprint density at radius 2 is 1.83 bits per heavy atom. The zero-order chi connectivity index (χ0) is 16.8. The van der Waals surface area contributed by atoms with E-state index in [4.69, 9.17) is 5.73 Å². The van der Waals surface area contributed by atoms with Crippen LogP contribution in [0.5, 0.6) is 0 Å². The number of amides is 2. The maximum Gasteiger partial charge on any atom is 0.227 e. The van der Waals surface area contributed by atoms with Gasteiger partial charge in [0, 0.05) is 32.6 Å². The first kappa shape index (κ1) is 20.5. The second-order valence-corrected chi connectivity index (χ2v) is 6.43. The van der Waals surface area contributed by atoms with Crippen molar-refractivity contribution >= 4 is 24.2 Å². The highest BCUT2D eigenvalue weighted by Crippen LogP contribution is 2.24. The minimum Gasteiger partial charge on any atom is -0.356 e. The van der Waals surface area contributed by atoms with Gasteiger partial charge in [-0.25, -0.2) is 0 Å². The van der Waals surface area contributed by atoms with Gasteiger partial charge in [0.2, 0.25) is 11.8 Å². The Morgan fingerprint density at radius 1 is 1.25 bits per heavy atom. The van der Waals surface area contributed by atoms with Crippen LogP contribution in [0, 0.1) is 11.8 Å². The van der Waals surface area contributed by atoms with Crippen molar-refractivity contribution in [3.05, 3.63) is 35.9 Å². The number of carbonyl (C=O) groups excluding carboxylic acids is 2. The van der Waals surface area contributed by atoms with Crippen LogP contribution in [0.4, 0.5) is 0 Å². The molecule has 0 radical (unpaired) electrons. The van der Waals surface area contributed by atoms with Crippen molar-refractivity contribution < 1.29 is 9.59 Å². The fourth-order valence-corrected chi connectivity index (χ4v) is 3.05. The van der Waals surface area contributed by atoms with Gasteiger partial charge in [-0.15, -0.1) is 12.4 Å². The number of carbonyl (C=O) groups is 2. The molecule has 0 saturated carbocycles. The second-order valence-electron chi connectivity index (χ2n) is 6.43. The van der Waals surface area contributed by atoms with Gasteiger partial charge in [0.25, 0.3) is 0 Å². The van der Waals surface area contributed by atoms with Gasteiger partial charge in [-0.3, -0.25) is 9.59 Å². The van der Waals surface area contributed by atoms with Gasteiger partial charge in [0.1, 0.15) is 0 Å². The number of nitrogens with zero attached hydrogens (tertiary/aromatic N) is 1. The quantitative estimate of drug-likeness (QED) is 0.851. The number of nitrogens with two attached hydrogens (primary N) is 1. The smallest absolute Gasteiger partial charge is 0.227 e. The molecule has 2 rings (SSSR count). The van der Waals surface area contributed by atoms with Crippen LogP contribution in [-0.4, -0.2) is 36.3 Å². The molecule has 134 valence electrons. The Balaban J connectivity index is 0.00000288. The van der Waals surface area contributed by atoms with E-state index in [1.165, 1.54) is 6.92 Å². The molecule has 1 aliphatic rings. The van der Waals surface area contributed by atoms with E-state index < -0.39 is 0 Å². The van der Waals surface area contributed by atoms with Gasteiger partial charge in [-0.1, -0.05) is 37.3 Å². The zero-order valence-corrected chi connectivity index (χ0v) is 15.2. The van der Waals surface area contributed by atoms with Crippen LogP contribution in [0.2, 0.25) is 0 Å². The van der Waals surface area contributed by atoms with Gasteiger partial charge < -0.3 is 16.0 Å². The van der Waals surface area contributed by atoms with Crippen LogP contribution in [0.25, 0.3) is 0 Å². The van der Waals surface area contributed by atoms with E-state index >= 15 is 0 Å². The lowest BCUT2D eigenvalue weighted by molar-refractivity contribution is -0.137. The molecule has 3 N–H and O–H groups in total. The third kappa shape index (κ3) is 5.49. The molecule has 1 aromatic carbocycles. The van der Waals surface area contributed by atoms with Crippen molar-refractivity contribution in [3.63, 3.8) is 0 Å². The Kier molecular flexibility index (Phi) is 8.22.